The first-order valence-corrected chi connectivity index (χ1v) is 6.00. The second kappa shape index (κ2) is 4.61. The standard InChI is InChI=1S/C7H17N3O3S/c1-7(2,10-14(4,12)13)5-9-6(11)8-3/h10H,5H2,1-4H3,(H2,8,9,11). The Morgan fingerprint density at radius 3 is 2.21 bits per heavy atom. The van der Waals surface area contributed by atoms with Gasteiger partial charge >= 0.3 is 6.03 Å². The molecule has 0 aliphatic carbocycles. The highest BCUT2D eigenvalue weighted by atomic mass is 32.2. The zero-order chi connectivity index (χ0) is 11.4. The van der Waals surface area contributed by atoms with E-state index in [4.69, 9.17) is 0 Å². The van der Waals surface area contributed by atoms with Crippen molar-refractivity contribution in [2.75, 3.05) is 19.8 Å². The molecule has 0 fully saturated rings. The predicted octanol–water partition coefficient (Wildman–Crippen LogP) is -0.757. The Bertz CT molecular complexity index is 297. The molecule has 0 rings (SSSR count). The molecule has 0 saturated heterocycles. The van der Waals surface area contributed by atoms with E-state index < -0.39 is 15.6 Å². The molecule has 84 valence electrons. The quantitative estimate of drug-likeness (QED) is 0.585. The summed E-state index contributed by atoms with van der Waals surface area (Å²) in [6, 6.07) is -0.339. The van der Waals surface area contributed by atoms with E-state index in [-0.39, 0.29) is 12.6 Å². The van der Waals surface area contributed by atoms with Crippen LogP contribution in [0.1, 0.15) is 13.8 Å². The number of nitrogens with one attached hydrogen (secondary N) is 3. The fraction of sp³-hybridized carbons (Fsp3) is 0.857. The number of urea groups is 1. The summed E-state index contributed by atoms with van der Waals surface area (Å²) in [5.41, 5.74) is -0.694. The van der Waals surface area contributed by atoms with E-state index in [2.05, 4.69) is 15.4 Å². The van der Waals surface area contributed by atoms with Gasteiger partial charge in [-0.1, -0.05) is 0 Å². The van der Waals surface area contributed by atoms with Crippen molar-refractivity contribution in [1.29, 1.82) is 0 Å². The molecule has 0 aromatic heterocycles. The molecule has 2 amide bonds. The molecule has 3 N–H and O–H groups in total. The third-order valence-electron chi connectivity index (χ3n) is 1.38. The summed E-state index contributed by atoms with van der Waals surface area (Å²) in [5.74, 6) is 0. The van der Waals surface area contributed by atoms with E-state index in [0.29, 0.717) is 0 Å². The summed E-state index contributed by atoms with van der Waals surface area (Å²) >= 11 is 0. The molecule has 0 aromatic carbocycles. The molecule has 0 aliphatic rings. The van der Waals surface area contributed by atoms with Gasteiger partial charge in [0.15, 0.2) is 0 Å². The van der Waals surface area contributed by atoms with Crippen LogP contribution in [-0.2, 0) is 10.0 Å². The number of carbonyl (C=O) groups is 1. The minimum absolute atomic E-state index is 0.222. The molecule has 0 heterocycles. The Balaban J connectivity index is 4.15. The Morgan fingerprint density at radius 1 is 1.36 bits per heavy atom. The Hall–Kier alpha value is -0.820. The van der Waals surface area contributed by atoms with Gasteiger partial charge in [-0.15, -0.1) is 0 Å². The molecule has 0 aliphatic heterocycles. The van der Waals surface area contributed by atoms with Gasteiger partial charge in [0, 0.05) is 19.1 Å². The molecule has 0 spiro atoms. The highest BCUT2D eigenvalue weighted by Gasteiger charge is 2.22. The third kappa shape index (κ3) is 6.67. The lowest BCUT2D eigenvalue weighted by Gasteiger charge is -2.25. The van der Waals surface area contributed by atoms with Crippen molar-refractivity contribution >= 4 is 16.1 Å². The second-order valence-corrected chi connectivity index (χ2v) is 5.44. The van der Waals surface area contributed by atoms with Crippen LogP contribution in [-0.4, -0.2) is 39.8 Å². The summed E-state index contributed by atoms with van der Waals surface area (Å²) in [6.07, 6.45) is 1.08. The van der Waals surface area contributed by atoms with Crippen LogP contribution in [0.5, 0.6) is 0 Å². The van der Waals surface area contributed by atoms with Crippen molar-refractivity contribution in [2.24, 2.45) is 0 Å². The van der Waals surface area contributed by atoms with Gasteiger partial charge in [0.25, 0.3) is 0 Å². The molecule has 6 nitrogen and oxygen atoms in total. The molecule has 0 aromatic rings. The van der Waals surface area contributed by atoms with Crippen molar-refractivity contribution in [1.82, 2.24) is 15.4 Å². The highest BCUT2D eigenvalue weighted by molar-refractivity contribution is 7.88. The highest BCUT2D eigenvalue weighted by Crippen LogP contribution is 2.01. The first-order valence-electron chi connectivity index (χ1n) is 4.11. The number of carbonyl (C=O) groups excluding carboxylic acids is 1. The van der Waals surface area contributed by atoms with Crippen LogP contribution in [0.15, 0.2) is 0 Å². The Kier molecular flexibility index (Phi) is 4.34. The monoisotopic (exact) mass is 223 g/mol. The Labute approximate surface area is 84.5 Å². The number of hydrogen-bond acceptors (Lipinski definition) is 3. The van der Waals surface area contributed by atoms with E-state index in [1.165, 1.54) is 7.05 Å². The summed E-state index contributed by atoms with van der Waals surface area (Å²) in [4.78, 5) is 10.8. The van der Waals surface area contributed by atoms with Crippen LogP contribution in [0.2, 0.25) is 0 Å². The van der Waals surface area contributed by atoms with Gasteiger partial charge in [-0.3, -0.25) is 0 Å². The zero-order valence-corrected chi connectivity index (χ0v) is 9.66. The van der Waals surface area contributed by atoms with Gasteiger partial charge in [0.2, 0.25) is 10.0 Å². The van der Waals surface area contributed by atoms with Crippen LogP contribution in [0.4, 0.5) is 4.79 Å². The van der Waals surface area contributed by atoms with Crippen molar-refractivity contribution in [3.63, 3.8) is 0 Å². The van der Waals surface area contributed by atoms with Crippen LogP contribution in [0.3, 0.4) is 0 Å². The summed E-state index contributed by atoms with van der Waals surface area (Å²) in [6.45, 7) is 3.59. The van der Waals surface area contributed by atoms with E-state index in [9.17, 15) is 13.2 Å². The maximum absolute atomic E-state index is 10.9. The number of hydrogen-bond donors (Lipinski definition) is 3. The minimum Gasteiger partial charge on any atom is -0.341 e. The molecule has 0 bridgehead atoms. The maximum atomic E-state index is 10.9. The van der Waals surface area contributed by atoms with Gasteiger partial charge in [-0.2, -0.15) is 0 Å². The topological polar surface area (TPSA) is 87.3 Å². The predicted molar refractivity (Wildman–Crippen MR) is 54.5 cm³/mol. The molecular formula is C7H17N3O3S. The molecule has 7 heteroatoms. The SMILES string of the molecule is CNC(=O)NCC(C)(C)NS(C)(=O)=O. The van der Waals surface area contributed by atoms with Crippen LogP contribution in [0, 0.1) is 0 Å². The third-order valence-corrected chi connectivity index (χ3v) is 2.30. The van der Waals surface area contributed by atoms with E-state index in [1.807, 2.05) is 0 Å². The number of rotatable bonds is 4. The van der Waals surface area contributed by atoms with Crippen LogP contribution in [0.25, 0.3) is 0 Å². The maximum Gasteiger partial charge on any atom is 0.314 e. The molecule has 14 heavy (non-hydrogen) atoms. The van der Waals surface area contributed by atoms with Crippen molar-refractivity contribution in [3.8, 4) is 0 Å². The average molecular weight is 223 g/mol. The molecule has 0 saturated carbocycles. The molecule has 0 unspecified atom stereocenters. The first-order chi connectivity index (χ1) is 6.16. The van der Waals surface area contributed by atoms with Crippen molar-refractivity contribution < 1.29 is 13.2 Å². The van der Waals surface area contributed by atoms with Gasteiger partial charge in [0.05, 0.1) is 6.26 Å². The fourth-order valence-electron chi connectivity index (χ4n) is 0.928. The van der Waals surface area contributed by atoms with Gasteiger partial charge in [0.1, 0.15) is 0 Å². The van der Waals surface area contributed by atoms with E-state index in [0.717, 1.165) is 6.26 Å². The zero-order valence-electron chi connectivity index (χ0n) is 8.84. The van der Waals surface area contributed by atoms with Crippen molar-refractivity contribution in [3.05, 3.63) is 0 Å². The normalized spacial score (nSPS) is 12.3. The summed E-state index contributed by atoms with van der Waals surface area (Å²) in [5, 5.41) is 4.89. The van der Waals surface area contributed by atoms with Gasteiger partial charge in [-0.05, 0) is 13.8 Å². The van der Waals surface area contributed by atoms with Crippen LogP contribution < -0.4 is 15.4 Å². The van der Waals surface area contributed by atoms with Gasteiger partial charge in [-0.25, -0.2) is 17.9 Å². The minimum atomic E-state index is -3.26. The smallest absolute Gasteiger partial charge is 0.314 e. The largest absolute Gasteiger partial charge is 0.341 e. The van der Waals surface area contributed by atoms with Gasteiger partial charge < -0.3 is 10.6 Å². The van der Waals surface area contributed by atoms with Crippen LogP contribution >= 0.6 is 0 Å². The number of sulfonamides is 1. The average Bonchev–Trinajstić information content (AvgIpc) is 1.96. The number of amides is 2. The van der Waals surface area contributed by atoms with E-state index >= 15 is 0 Å². The molecule has 0 atom stereocenters. The van der Waals surface area contributed by atoms with Crippen molar-refractivity contribution in [2.45, 2.75) is 19.4 Å². The van der Waals surface area contributed by atoms with E-state index in [1.54, 1.807) is 13.8 Å². The summed E-state index contributed by atoms with van der Waals surface area (Å²) < 4.78 is 24.2. The summed E-state index contributed by atoms with van der Waals surface area (Å²) in [7, 11) is -1.77. The lowest BCUT2D eigenvalue weighted by Crippen LogP contribution is -2.52. The fourth-order valence-corrected chi connectivity index (χ4v) is 2.00. The molecular weight excluding hydrogens is 206 g/mol. The first kappa shape index (κ1) is 13.2. The molecule has 0 radical (unpaired) electrons. The second-order valence-electron chi connectivity index (χ2n) is 3.69. The lowest BCUT2D eigenvalue weighted by atomic mass is 10.1. The lowest BCUT2D eigenvalue weighted by molar-refractivity contribution is 0.239. The Morgan fingerprint density at radius 2 is 1.86 bits per heavy atom.